The summed E-state index contributed by atoms with van der Waals surface area (Å²) in [4.78, 5) is 0.502. The first-order valence-electron chi connectivity index (χ1n) is 8.97. The molecule has 2 aromatic rings. The fraction of sp³-hybridized carbons (Fsp3) is 0.381. The molecule has 0 aliphatic carbocycles. The van der Waals surface area contributed by atoms with Crippen molar-refractivity contribution in [2.75, 3.05) is 0 Å². The van der Waals surface area contributed by atoms with Crippen molar-refractivity contribution in [3.63, 3.8) is 0 Å². The summed E-state index contributed by atoms with van der Waals surface area (Å²) in [5.74, 6) is 0.825. The van der Waals surface area contributed by atoms with Crippen molar-refractivity contribution < 1.29 is 13.2 Å². The minimum Gasteiger partial charge on any atom is -0.487 e. The molecule has 0 unspecified atom stereocenters. The average molecular weight is 404 g/mol. The zero-order valence-electron chi connectivity index (χ0n) is 16.3. The number of nitrogens with one attached hydrogen (secondary N) is 1. The first-order chi connectivity index (χ1) is 12.5. The molecular formula is C21H25NO3S2. The maximum absolute atomic E-state index is 13.2. The van der Waals surface area contributed by atoms with Gasteiger partial charge < -0.3 is 4.74 Å². The second kappa shape index (κ2) is 6.91. The molecule has 1 aliphatic rings. The highest BCUT2D eigenvalue weighted by Crippen LogP contribution is 2.42. The molecule has 3 rings (SSSR count). The quantitative estimate of drug-likeness (QED) is 0.773. The molecule has 1 aliphatic heterocycles. The molecule has 0 bridgehead atoms. The Kier molecular flexibility index (Phi) is 5.08. The van der Waals surface area contributed by atoms with Crippen LogP contribution in [0, 0.1) is 20.8 Å². The molecule has 0 atom stereocenters. The molecule has 0 spiro atoms. The molecule has 0 saturated heterocycles. The summed E-state index contributed by atoms with van der Waals surface area (Å²) in [5.41, 5.74) is 3.72. The second-order valence-corrected chi connectivity index (χ2v) is 9.70. The van der Waals surface area contributed by atoms with Crippen LogP contribution in [-0.4, -0.2) is 19.0 Å². The maximum atomic E-state index is 13.2. The second-order valence-electron chi connectivity index (χ2n) is 7.67. The van der Waals surface area contributed by atoms with Gasteiger partial charge in [0.1, 0.15) is 16.3 Å². The smallest absolute Gasteiger partial charge is 0.263 e. The van der Waals surface area contributed by atoms with Gasteiger partial charge in [0.25, 0.3) is 10.0 Å². The lowest BCUT2D eigenvalue weighted by molar-refractivity contribution is 0.0832. The van der Waals surface area contributed by atoms with Gasteiger partial charge in [0, 0.05) is 5.56 Å². The molecule has 0 saturated carbocycles. The number of benzene rings is 2. The van der Waals surface area contributed by atoms with Crippen molar-refractivity contribution in [1.29, 1.82) is 0 Å². The Labute approximate surface area is 167 Å². The van der Waals surface area contributed by atoms with Crippen LogP contribution in [0.2, 0.25) is 0 Å². The van der Waals surface area contributed by atoms with Gasteiger partial charge in [-0.25, -0.2) is 8.42 Å². The Morgan fingerprint density at radius 3 is 2.33 bits per heavy atom. The molecule has 1 heterocycles. The first-order valence-corrected chi connectivity index (χ1v) is 10.9. The highest BCUT2D eigenvalue weighted by atomic mass is 32.2. The van der Waals surface area contributed by atoms with Crippen LogP contribution in [-0.2, 0) is 16.4 Å². The molecule has 0 aromatic heterocycles. The van der Waals surface area contributed by atoms with Crippen LogP contribution in [0.25, 0.3) is 0 Å². The van der Waals surface area contributed by atoms with E-state index in [1.54, 1.807) is 12.1 Å². The Hall–Kier alpha value is -1.92. The standard InChI is InChI=1S/C21H25NO3S2/c1-13-14(2)19(15(3)17-11-12-21(4,5)25-18(13)17)27(23,24)22-20(26)16-9-7-6-8-10-16/h6-10H,11-12H2,1-5H3,(H,22,26). The van der Waals surface area contributed by atoms with Crippen LogP contribution in [0.5, 0.6) is 5.75 Å². The van der Waals surface area contributed by atoms with Crippen LogP contribution in [0.1, 0.15) is 48.1 Å². The third-order valence-corrected chi connectivity index (χ3v) is 7.29. The van der Waals surface area contributed by atoms with E-state index in [9.17, 15) is 8.42 Å². The number of rotatable bonds is 3. The SMILES string of the molecule is Cc1c(C)c(S(=O)(=O)NC(=S)c2ccccc2)c(C)c2c1OC(C)(C)CC2. The fourth-order valence-electron chi connectivity index (χ4n) is 3.57. The zero-order valence-corrected chi connectivity index (χ0v) is 18.0. The lowest BCUT2D eigenvalue weighted by Crippen LogP contribution is -2.35. The number of sulfonamides is 1. The predicted octanol–water partition coefficient (Wildman–Crippen LogP) is 4.37. The molecule has 6 heteroatoms. The minimum absolute atomic E-state index is 0.196. The van der Waals surface area contributed by atoms with Crippen molar-refractivity contribution in [3.05, 3.63) is 58.1 Å². The van der Waals surface area contributed by atoms with E-state index in [2.05, 4.69) is 18.6 Å². The number of hydrogen-bond donors (Lipinski definition) is 1. The number of thiocarbonyl (C=S) groups is 1. The van der Waals surface area contributed by atoms with Gasteiger partial charge in [-0.15, -0.1) is 0 Å². The van der Waals surface area contributed by atoms with E-state index in [0.29, 0.717) is 16.0 Å². The summed E-state index contributed by atoms with van der Waals surface area (Å²) < 4.78 is 35.1. The topological polar surface area (TPSA) is 55.4 Å². The molecule has 2 aromatic carbocycles. The summed E-state index contributed by atoms with van der Waals surface area (Å²) in [6.45, 7) is 9.72. The van der Waals surface area contributed by atoms with Gasteiger partial charge in [-0.1, -0.05) is 42.5 Å². The van der Waals surface area contributed by atoms with E-state index in [1.807, 2.05) is 39.0 Å². The Morgan fingerprint density at radius 1 is 1.07 bits per heavy atom. The normalized spacial score (nSPS) is 15.6. The lowest BCUT2D eigenvalue weighted by Gasteiger charge is -2.35. The van der Waals surface area contributed by atoms with Gasteiger partial charge in [0.2, 0.25) is 0 Å². The molecule has 0 fully saturated rings. The van der Waals surface area contributed by atoms with Crippen molar-refractivity contribution in [2.45, 2.75) is 58.0 Å². The lowest BCUT2D eigenvalue weighted by atomic mass is 9.88. The van der Waals surface area contributed by atoms with Crippen LogP contribution in [0.4, 0.5) is 0 Å². The number of fused-ring (bicyclic) bond motifs is 1. The maximum Gasteiger partial charge on any atom is 0.263 e. The summed E-state index contributed by atoms with van der Waals surface area (Å²) in [6.07, 6.45) is 1.64. The number of hydrogen-bond acceptors (Lipinski definition) is 4. The molecule has 144 valence electrons. The summed E-state index contributed by atoms with van der Waals surface area (Å²) in [6, 6.07) is 9.10. The fourth-order valence-corrected chi connectivity index (χ4v) is 5.58. The molecule has 4 nitrogen and oxygen atoms in total. The van der Waals surface area contributed by atoms with Crippen molar-refractivity contribution >= 4 is 27.2 Å². The first kappa shape index (κ1) is 19.8. The predicted molar refractivity (Wildman–Crippen MR) is 112 cm³/mol. The van der Waals surface area contributed by atoms with E-state index in [-0.39, 0.29) is 10.6 Å². The average Bonchev–Trinajstić information content (AvgIpc) is 2.59. The highest BCUT2D eigenvalue weighted by molar-refractivity contribution is 7.92. The van der Waals surface area contributed by atoms with Gasteiger partial charge in [0.05, 0.1) is 4.90 Å². The van der Waals surface area contributed by atoms with Crippen molar-refractivity contribution in [2.24, 2.45) is 0 Å². The summed E-state index contributed by atoms with van der Waals surface area (Å²) in [7, 11) is -3.80. The van der Waals surface area contributed by atoms with Gasteiger partial charge in [-0.05, 0) is 69.7 Å². The highest BCUT2D eigenvalue weighted by Gasteiger charge is 2.33. The Bertz CT molecular complexity index is 1010. The van der Waals surface area contributed by atoms with Gasteiger partial charge in [-0.2, -0.15) is 0 Å². The van der Waals surface area contributed by atoms with E-state index >= 15 is 0 Å². The van der Waals surface area contributed by atoms with Crippen LogP contribution in [0.3, 0.4) is 0 Å². The molecule has 0 radical (unpaired) electrons. The minimum atomic E-state index is -3.80. The Morgan fingerprint density at radius 2 is 1.70 bits per heavy atom. The van der Waals surface area contributed by atoms with E-state index in [4.69, 9.17) is 17.0 Å². The van der Waals surface area contributed by atoms with Crippen LogP contribution < -0.4 is 9.46 Å². The number of ether oxygens (including phenoxy) is 1. The van der Waals surface area contributed by atoms with E-state index in [1.165, 1.54) is 0 Å². The molecule has 1 N–H and O–H groups in total. The zero-order chi connectivity index (χ0) is 20.0. The molecule has 0 amide bonds. The summed E-state index contributed by atoms with van der Waals surface area (Å²) >= 11 is 5.32. The monoisotopic (exact) mass is 403 g/mol. The Balaban J connectivity index is 2.07. The van der Waals surface area contributed by atoms with Gasteiger partial charge in [-0.3, -0.25) is 4.72 Å². The van der Waals surface area contributed by atoms with E-state index in [0.717, 1.165) is 35.3 Å². The third kappa shape index (κ3) is 3.73. The van der Waals surface area contributed by atoms with Gasteiger partial charge >= 0.3 is 0 Å². The van der Waals surface area contributed by atoms with E-state index < -0.39 is 10.0 Å². The molecule has 27 heavy (non-hydrogen) atoms. The van der Waals surface area contributed by atoms with Gasteiger partial charge in [0.15, 0.2) is 0 Å². The largest absolute Gasteiger partial charge is 0.487 e. The van der Waals surface area contributed by atoms with Crippen LogP contribution in [0.15, 0.2) is 35.2 Å². The summed E-state index contributed by atoms with van der Waals surface area (Å²) in [5, 5.41) is 0. The molecular weight excluding hydrogens is 378 g/mol. The van der Waals surface area contributed by atoms with Crippen molar-refractivity contribution in [3.8, 4) is 5.75 Å². The third-order valence-electron chi connectivity index (χ3n) is 5.20. The van der Waals surface area contributed by atoms with Crippen molar-refractivity contribution in [1.82, 2.24) is 4.72 Å². The van der Waals surface area contributed by atoms with Crippen LogP contribution >= 0.6 is 12.2 Å².